The predicted octanol–water partition coefficient (Wildman–Crippen LogP) is 2.70. The molecule has 84 valence electrons. The number of benzene rings is 1. The lowest BCUT2D eigenvalue weighted by atomic mass is 10.1. The Balaban J connectivity index is 2.87. The fourth-order valence-electron chi connectivity index (χ4n) is 1.92. The number of ether oxygens (including phenoxy) is 1. The van der Waals surface area contributed by atoms with Crippen LogP contribution in [-0.2, 0) is 6.42 Å². The smallest absolute Gasteiger partial charge is 0.145 e. The normalized spacial score (nSPS) is 10.7. The molecule has 2 rings (SSSR count). The van der Waals surface area contributed by atoms with E-state index in [-0.39, 0.29) is 0 Å². The van der Waals surface area contributed by atoms with Crippen molar-refractivity contribution in [2.75, 3.05) is 12.8 Å². The standard InChI is InChI=1S/C13H16N2O/c1-4-9-7-10(14)12-8(2)5-6-11(16-3)13(12)15-9/h5-7H,4H2,1-3H3,(H2,14,15). The Morgan fingerprint density at radius 3 is 2.75 bits per heavy atom. The predicted molar refractivity (Wildman–Crippen MR) is 66.8 cm³/mol. The van der Waals surface area contributed by atoms with Crippen LogP contribution in [0, 0.1) is 6.92 Å². The lowest BCUT2D eigenvalue weighted by Crippen LogP contribution is -1.98. The Hall–Kier alpha value is -1.77. The van der Waals surface area contributed by atoms with E-state index in [0.29, 0.717) is 0 Å². The second-order valence-electron chi connectivity index (χ2n) is 3.86. The molecule has 2 N–H and O–H groups in total. The van der Waals surface area contributed by atoms with Crippen LogP contribution in [0.1, 0.15) is 18.2 Å². The summed E-state index contributed by atoms with van der Waals surface area (Å²) in [6, 6.07) is 5.88. The summed E-state index contributed by atoms with van der Waals surface area (Å²) < 4.78 is 5.32. The molecule has 0 saturated heterocycles. The maximum Gasteiger partial charge on any atom is 0.145 e. The minimum absolute atomic E-state index is 0.776. The molecule has 0 fully saturated rings. The Morgan fingerprint density at radius 1 is 1.38 bits per heavy atom. The lowest BCUT2D eigenvalue weighted by Gasteiger charge is -2.11. The number of aromatic nitrogens is 1. The van der Waals surface area contributed by atoms with E-state index in [1.54, 1.807) is 7.11 Å². The van der Waals surface area contributed by atoms with E-state index in [1.807, 2.05) is 25.1 Å². The van der Waals surface area contributed by atoms with Gasteiger partial charge in [-0.15, -0.1) is 0 Å². The highest BCUT2D eigenvalue weighted by molar-refractivity contribution is 5.96. The number of nitrogens with two attached hydrogens (primary N) is 1. The molecule has 1 aromatic carbocycles. The Bertz CT molecular complexity index is 535. The minimum Gasteiger partial charge on any atom is -0.494 e. The third-order valence-electron chi connectivity index (χ3n) is 2.80. The molecule has 0 radical (unpaired) electrons. The summed E-state index contributed by atoms with van der Waals surface area (Å²) in [5.41, 5.74) is 9.82. The summed E-state index contributed by atoms with van der Waals surface area (Å²) in [6.07, 6.45) is 0.872. The number of methoxy groups -OCH3 is 1. The van der Waals surface area contributed by atoms with Gasteiger partial charge in [-0.3, -0.25) is 0 Å². The molecule has 0 saturated carbocycles. The highest BCUT2D eigenvalue weighted by atomic mass is 16.5. The molecule has 3 nitrogen and oxygen atoms in total. The quantitative estimate of drug-likeness (QED) is 0.839. The van der Waals surface area contributed by atoms with Crippen molar-refractivity contribution < 1.29 is 4.74 Å². The number of hydrogen-bond acceptors (Lipinski definition) is 3. The van der Waals surface area contributed by atoms with E-state index in [9.17, 15) is 0 Å². The fraction of sp³-hybridized carbons (Fsp3) is 0.308. The van der Waals surface area contributed by atoms with Crippen molar-refractivity contribution >= 4 is 16.6 Å². The number of pyridine rings is 1. The van der Waals surface area contributed by atoms with Gasteiger partial charge in [-0.05, 0) is 31.0 Å². The fourth-order valence-corrected chi connectivity index (χ4v) is 1.92. The summed E-state index contributed by atoms with van der Waals surface area (Å²) in [6.45, 7) is 4.10. The average molecular weight is 216 g/mol. The van der Waals surface area contributed by atoms with E-state index in [0.717, 1.165) is 40.0 Å². The number of rotatable bonds is 2. The molecular formula is C13H16N2O. The first-order valence-corrected chi connectivity index (χ1v) is 5.40. The monoisotopic (exact) mass is 216 g/mol. The number of anilines is 1. The van der Waals surface area contributed by atoms with Crippen LogP contribution in [0.4, 0.5) is 5.69 Å². The van der Waals surface area contributed by atoms with Crippen LogP contribution in [0.5, 0.6) is 5.75 Å². The van der Waals surface area contributed by atoms with E-state index >= 15 is 0 Å². The molecule has 0 aliphatic rings. The first-order chi connectivity index (χ1) is 7.67. The largest absolute Gasteiger partial charge is 0.494 e. The maximum atomic E-state index is 6.06. The van der Waals surface area contributed by atoms with Crippen LogP contribution in [0.2, 0.25) is 0 Å². The van der Waals surface area contributed by atoms with Gasteiger partial charge in [0, 0.05) is 16.8 Å². The topological polar surface area (TPSA) is 48.1 Å². The van der Waals surface area contributed by atoms with Crippen molar-refractivity contribution in [1.82, 2.24) is 4.98 Å². The molecule has 0 amide bonds. The molecule has 1 heterocycles. The number of hydrogen-bond donors (Lipinski definition) is 1. The summed E-state index contributed by atoms with van der Waals surface area (Å²) in [5, 5.41) is 0.997. The highest BCUT2D eigenvalue weighted by Gasteiger charge is 2.09. The van der Waals surface area contributed by atoms with Gasteiger partial charge >= 0.3 is 0 Å². The average Bonchev–Trinajstić information content (AvgIpc) is 2.28. The molecule has 0 atom stereocenters. The van der Waals surface area contributed by atoms with Gasteiger partial charge in [-0.1, -0.05) is 13.0 Å². The van der Waals surface area contributed by atoms with Gasteiger partial charge in [0.15, 0.2) is 0 Å². The van der Waals surface area contributed by atoms with Gasteiger partial charge in [0.25, 0.3) is 0 Å². The zero-order valence-electron chi connectivity index (χ0n) is 9.87. The molecule has 2 aromatic rings. The third kappa shape index (κ3) is 1.58. The summed E-state index contributed by atoms with van der Waals surface area (Å²) >= 11 is 0. The molecule has 0 bridgehead atoms. The van der Waals surface area contributed by atoms with Crippen LogP contribution >= 0.6 is 0 Å². The molecule has 16 heavy (non-hydrogen) atoms. The van der Waals surface area contributed by atoms with Crippen LogP contribution in [0.25, 0.3) is 10.9 Å². The Morgan fingerprint density at radius 2 is 2.12 bits per heavy atom. The van der Waals surface area contributed by atoms with Gasteiger partial charge in [0.1, 0.15) is 11.3 Å². The van der Waals surface area contributed by atoms with Gasteiger partial charge in [-0.2, -0.15) is 0 Å². The zero-order chi connectivity index (χ0) is 11.7. The SMILES string of the molecule is CCc1cc(N)c2c(C)ccc(OC)c2n1. The van der Waals surface area contributed by atoms with E-state index in [1.165, 1.54) is 0 Å². The maximum absolute atomic E-state index is 6.06. The van der Waals surface area contributed by atoms with Gasteiger partial charge in [-0.25, -0.2) is 4.98 Å². The number of fused-ring (bicyclic) bond motifs is 1. The lowest BCUT2D eigenvalue weighted by molar-refractivity contribution is 0.418. The van der Waals surface area contributed by atoms with Crippen LogP contribution in [-0.4, -0.2) is 12.1 Å². The van der Waals surface area contributed by atoms with Crippen LogP contribution in [0.15, 0.2) is 18.2 Å². The van der Waals surface area contributed by atoms with E-state index < -0.39 is 0 Å². The molecular weight excluding hydrogens is 200 g/mol. The Labute approximate surface area is 95.2 Å². The molecule has 3 heteroatoms. The first-order valence-electron chi connectivity index (χ1n) is 5.40. The highest BCUT2D eigenvalue weighted by Crippen LogP contribution is 2.31. The van der Waals surface area contributed by atoms with Crippen molar-refractivity contribution in [3.8, 4) is 5.75 Å². The van der Waals surface area contributed by atoms with Crippen molar-refractivity contribution in [2.45, 2.75) is 20.3 Å². The molecule has 0 aliphatic heterocycles. The summed E-state index contributed by atoms with van der Waals surface area (Å²) in [7, 11) is 1.65. The van der Waals surface area contributed by atoms with Crippen molar-refractivity contribution in [3.63, 3.8) is 0 Å². The van der Waals surface area contributed by atoms with E-state index in [4.69, 9.17) is 10.5 Å². The molecule has 0 aliphatic carbocycles. The molecule has 1 aromatic heterocycles. The van der Waals surface area contributed by atoms with Crippen molar-refractivity contribution in [3.05, 3.63) is 29.5 Å². The summed E-state index contributed by atoms with van der Waals surface area (Å²) in [4.78, 5) is 4.58. The zero-order valence-corrected chi connectivity index (χ0v) is 9.87. The van der Waals surface area contributed by atoms with E-state index in [2.05, 4.69) is 11.9 Å². The van der Waals surface area contributed by atoms with Crippen LogP contribution < -0.4 is 10.5 Å². The molecule has 0 unspecified atom stereocenters. The Kier molecular flexibility index (Phi) is 2.69. The number of nitrogens with zero attached hydrogens (tertiary/aromatic N) is 1. The number of nitrogen functional groups attached to an aromatic ring is 1. The minimum atomic E-state index is 0.776. The molecule has 0 spiro atoms. The van der Waals surface area contributed by atoms with Crippen molar-refractivity contribution in [1.29, 1.82) is 0 Å². The van der Waals surface area contributed by atoms with Gasteiger partial charge < -0.3 is 10.5 Å². The second-order valence-corrected chi connectivity index (χ2v) is 3.86. The third-order valence-corrected chi connectivity index (χ3v) is 2.80. The second kappa shape index (κ2) is 4.00. The van der Waals surface area contributed by atoms with Crippen molar-refractivity contribution in [2.24, 2.45) is 0 Å². The van der Waals surface area contributed by atoms with Gasteiger partial charge in [0.05, 0.1) is 7.11 Å². The summed E-state index contributed by atoms with van der Waals surface area (Å²) in [5.74, 6) is 0.780. The first kappa shape index (κ1) is 10.7. The number of aryl methyl sites for hydroxylation is 2. The van der Waals surface area contributed by atoms with Crippen LogP contribution in [0.3, 0.4) is 0 Å². The van der Waals surface area contributed by atoms with Gasteiger partial charge in [0.2, 0.25) is 0 Å².